The fourth-order valence-electron chi connectivity index (χ4n) is 1.85. The summed E-state index contributed by atoms with van der Waals surface area (Å²) in [5.74, 6) is 0.200. The van der Waals surface area contributed by atoms with Crippen LogP contribution < -0.4 is 11.1 Å². The van der Waals surface area contributed by atoms with E-state index < -0.39 is 0 Å². The van der Waals surface area contributed by atoms with Crippen molar-refractivity contribution < 1.29 is 4.79 Å². The summed E-state index contributed by atoms with van der Waals surface area (Å²) in [4.78, 5) is 12.9. The van der Waals surface area contributed by atoms with Crippen molar-refractivity contribution in [1.29, 1.82) is 0 Å². The van der Waals surface area contributed by atoms with Gasteiger partial charge in [-0.3, -0.25) is 4.79 Å². The van der Waals surface area contributed by atoms with Gasteiger partial charge in [0.25, 0.3) is 0 Å². The summed E-state index contributed by atoms with van der Waals surface area (Å²) in [6, 6.07) is 13.0. The zero-order valence-electron chi connectivity index (χ0n) is 10.9. The summed E-state index contributed by atoms with van der Waals surface area (Å²) in [5, 5.41) is 2.86. The second kappa shape index (κ2) is 6.11. The molecule has 3 N–H and O–H groups in total. The maximum atomic E-state index is 12.0. The van der Waals surface area contributed by atoms with Crippen LogP contribution in [0.15, 0.2) is 47.4 Å². The number of nitrogens with two attached hydrogens (primary N) is 1. The Morgan fingerprint density at radius 2 is 2.05 bits per heavy atom. The molecule has 0 spiro atoms. The molecule has 2 aromatic carbocycles. The van der Waals surface area contributed by atoms with Crippen molar-refractivity contribution in [2.75, 3.05) is 16.8 Å². The number of anilines is 2. The third-order valence-electron chi connectivity index (χ3n) is 2.84. The number of amides is 1. The third kappa shape index (κ3) is 3.14. The van der Waals surface area contributed by atoms with Crippen LogP contribution in [0, 0.1) is 0 Å². The van der Waals surface area contributed by atoms with Crippen LogP contribution in [0.2, 0.25) is 0 Å². The number of carbonyl (C=O) groups excluding carboxylic acids is 1. The predicted octanol–water partition coefficient (Wildman–Crippen LogP) is 3.00. The number of fused-ring (bicyclic) bond motifs is 1. The van der Waals surface area contributed by atoms with E-state index in [4.69, 9.17) is 5.73 Å². The van der Waals surface area contributed by atoms with E-state index in [-0.39, 0.29) is 5.91 Å². The monoisotopic (exact) mass is 316 g/mol. The average Bonchev–Trinajstić information content (AvgIpc) is 2.96. The van der Waals surface area contributed by atoms with Gasteiger partial charge in [-0.1, -0.05) is 18.2 Å². The average molecular weight is 316 g/mol. The predicted molar refractivity (Wildman–Crippen MR) is 87.6 cm³/mol. The van der Waals surface area contributed by atoms with Gasteiger partial charge in [0.05, 0.1) is 23.2 Å². The fraction of sp³-hybridized carbons (Fsp3) is 0.0714. The van der Waals surface area contributed by atoms with Crippen molar-refractivity contribution in [2.45, 2.75) is 4.90 Å². The van der Waals surface area contributed by atoms with Crippen LogP contribution in [-0.4, -0.2) is 20.4 Å². The lowest BCUT2D eigenvalue weighted by Crippen LogP contribution is -2.14. The van der Waals surface area contributed by atoms with Gasteiger partial charge in [-0.15, -0.1) is 11.8 Å². The molecular formula is C14H12N4OS2. The van der Waals surface area contributed by atoms with Gasteiger partial charge in [-0.25, -0.2) is 0 Å². The highest BCUT2D eigenvalue weighted by Crippen LogP contribution is 2.25. The molecule has 0 unspecified atom stereocenters. The van der Waals surface area contributed by atoms with Crippen LogP contribution in [0.1, 0.15) is 0 Å². The highest BCUT2D eigenvalue weighted by Gasteiger charge is 2.09. The molecule has 1 heterocycles. The van der Waals surface area contributed by atoms with Gasteiger partial charge in [0.2, 0.25) is 5.91 Å². The highest BCUT2D eigenvalue weighted by molar-refractivity contribution is 8.00. The van der Waals surface area contributed by atoms with Gasteiger partial charge in [0.1, 0.15) is 11.0 Å². The molecule has 3 aromatic rings. The first kappa shape index (κ1) is 13.8. The van der Waals surface area contributed by atoms with Crippen molar-refractivity contribution in [2.24, 2.45) is 0 Å². The van der Waals surface area contributed by atoms with Gasteiger partial charge in [-0.05, 0) is 24.3 Å². The molecule has 0 aliphatic rings. The van der Waals surface area contributed by atoms with Crippen LogP contribution in [-0.2, 0) is 4.79 Å². The van der Waals surface area contributed by atoms with Gasteiger partial charge in [-0.2, -0.15) is 8.75 Å². The summed E-state index contributed by atoms with van der Waals surface area (Å²) in [5.41, 5.74) is 8.73. The first-order chi connectivity index (χ1) is 10.2. The van der Waals surface area contributed by atoms with Crippen molar-refractivity contribution >= 4 is 51.8 Å². The van der Waals surface area contributed by atoms with Crippen LogP contribution >= 0.6 is 23.5 Å². The zero-order valence-corrected chi connectivity index (χ0v) is 12.6. The summed E-state index contributed by atoms with van der Waals surface area (Å²) < 4.78 is 8.34. The Kier molecular flexibility index (Phi) is 4.03. The third-order valence-corrected chi connectivity index (χ3v) is 4.47. The number of benzene rings is 2. The molecule has 0 saturated carbocycles. The van der Waals surface area contributed by atoms with E-state index in [9.17, 15) is 4.79 Å². The Bertz CT molecular complexity index is 787. The number of nitrogens with one attached hydrogen (secondary N) is 1. The minimum absolute atomic E-state index is 0.0937. The first-order valence-electron chi connectivity index (χ1n) is 6.22. The van der Waals surface area contributed by atoms with Crippen molar-refractivity contribution in [1.82, 2.24) is 8.75 Å². The number of carbonyl (C=O) groups is 1. The maximum Gasteiger partial charge on any atom is 0.234 e. The second-order valence-corrected chi connectivity index (χ2v) is 5.86. The molecule has 1 amide bonds. The number of nitrogen functional groups attached to an aromatic ring is 1. The number of nitrogens with zero attached hydrogens (tertiary/aromatic N) is 2. The molecule has 5 nitrogen and oxygen atoms in total. The van der Waals surface area contributed by atoms with Crippen LogP contribution in [0.3, 0.4) is 0 Å². The number of thioether (sulfide) groups is 1. The summed E-state index contributed by atoms with van der Waals surface area (Å²) >= 11 is 2.54. The maximum absolute atomic E-state index is 12.0. The topological polar surface area (TPSA) is 80.9 Å². The molecule has 0 radical (unpaired) electrons. The Morgan fingerprint density at radius 1 is 1.19 bits per heavy atom. The molecule has 21 heavy (non-hydrogen) atoms. The van der Waals surface area contributed by atoms with Crippen LogP contribution in [0.5, 0.6) is 0 Å². The van der Waals surface area contributed by atoms with Gasteiger partial charge >= 0.3 is 0 Å². The highest BCUT2D eigenvalue weighted by atomic mass is 32.2. The molecule has 0 saturated heterocycles. The van der Waals surface area contributed by atoms with E-state index in [2.05, 4.69) is 14.1 Å². The number of aromatic nitrogens is 2. The van der Waals surface area contributed by atoms with Crippen LogP contribution in [0.4, 0.5) is 11.4 Å². The summed E-state index contributed by atoms with van der Waals surface area (Å²) in [6.45, 7) is 0. The van der Waals surface area contributed by atoms with E-state index in [0.29, 0.717) is 17.1 Å². The molecule has 1 aromatic heterocycles. The smallest absolute Gasteiger partial charge is 0.234 e. The van der Waals surface area contributed by atoms with E-state index in [1.54, 1.807) is 0 Å². The molecule has 7 heteroatoms. The van der Waals surface area contributed by atoms with Gasteiger partial charge < -0.3 is 11.1 Å². The van der Waals surface area contributed by atoms with E-state index >= 15 is 0 Å². The standard InChI is InChI=1S/C14H12N4OS2/c15-9-4-1-2-7-12(9)20-8-13(19)16-10-5-3-6-11-14(10)18-21-17-11/h1-7H,8,15H2,(H,16,19). The van der Waals surface area contributed by atoms with E-state index in [0.717, 1.165) is 27.7 Å². The second-order valence-electron chi connectivity index (χ2n) is 4.31. The van der Waals surface area contributed by atoms with Gasteiger partial charge in [0.15, 0.2) is 0 Å². The molecule has 0 fully saturated rings. The van der Waals surface area contributed by atoms with E-state index in [1.807, 2.05) is 42.5 Å². The number of hydrogen-bond donors (Lipinski definition) is 2. The van der Waals surface area contributed by atoms with E-state index in [1.165, 1.54) is 11.8 Å². The molecule has 0 bridgehead atoms. The number of para-hydroxylation sites is 1. The van der Waals surface area contributed by atoms with Crippen molar-refractivity contribution in [3.05, 3.63) is 42.5 Å². The Morgan fingerprint density at radius 3 is 2.90 bits per heavy atom. The molecular weight excluding hydrogens is 304 g/mol. The first-order valence-corrected chi connectivity index (χ1v) is 7.94. The fourth-order valence-corrected chi connectivity index (χ4v) is 3.17. The van der Waals surface area contributed by atoms with Crippen LogP contribution in [0.25, 0.3) is 11.0 Å². The largest absolute Gasteiger partial charge is 0.398 e. The lowest BCUT2D eigenvalue weighted by Gasteiger charge is -2.07. The molecule has 106 valence electrons. The molecule has 0 aliphatic heterocycles. The minimum Gasteiger partial charge on any atom is -0.398 e. The molecule has 3 rings (SSSR count). The zero-order chi connectivity index (χ0) is 14.7. The SMILES string of the molecule is Nc1ccccc1SCC(=O)Nc1cccc2nsnc12. The number of hydrogen-bond acceptors (Lipinski definition) is 6. The van der Waals surface area contributed by atoms with Crippen molar-refractivity contribution in [3.8, 4) is 0 Å². The number of rotatable bonds is 4. The van der Waals surface area contributed by atoms with Crippen molar-refractivity contribution in [3.63, 3.8) is 0 Å². The van der Waals surface area contributed by atoms with Gasteiger partial charge in [0, 0.05) is 10.6 Å². The lowest BCUT2D eigenvalue weighted by molar-refractivity contribution is -0.113. The normalized spacial score (nSPS) is 10.7. The minimum atomic E-state index is -0.0937. The quantitative estimate of drug-likeness (QED) is 0.571. The Balaban J connectivity index is 1.67. The molecule has 0 aliphatic carbocycles. The Hall–Kier alpha value is -2.12. The molecule has 0 atom stereocenters. The Labute approximate surface area is 129 Å². The summed E-state index contributed by atoms with van der Waals surface area (Å²) in [7, 11) is 0. The lowest BCUT2D eigenvalue weighted by atomic mass is 10.2. The summed E-state index contributed by atoms with van der Waals surface area (Å²) in [6.07, 6.45) is 0.